The van der Waals surface area contributed by atoms with Crippen LogP contribution in [-0.2, 0) is 7.05 Å². The lowest BCUT2D eigenvalue weighted by Gasteiger charge is -2.13. The number of hydrogen-bond acceptors (Lipinski definition) is 4. The van der Waals surface area contributed by atoms with E-state index in [0.29, 0.717) is 32.7 Å². The number of benzene rings is 2. The van der Waals surface area contributed by atoms with Gasteiger partial charge >= 0.3 is 0 Å². The molecule has 0 fully saturated rings. The van der Waals surface area contributed by atoms with Crippen molar-refractivity contribution >= 4 is 44.3 Å². The van der Waals surface area contributed by atoms with Gasteiger partial charge in [-0.1, -0.05) is 17.7 Å². The molecule has 8 heteroatoms. The Morgan fingerprint density at radius 3 is 2.89 bits per heavy atom. The molecule has 0 aliphatic rings. The van der Waals surface area contributed by atoms with Crippen LogP contribution in [0.25, 0.3) is 38.4 Å². The van der Waals surface area contributed by atoms with Crippen LogP contribution >= 0.6 is 11.6 Å². The van der Waals surface area contributed by atoms with Crippen molar-refractivity contribution < 1.29 is 0 Å². The number of nitrogens with zero attached hydrogens (tertiary/aromatic N) is 5. The van der Waals surface area contributed by atoms with Gasteiger partial charge in [-0.15, -0.1) is 0 Å². The van der Waals surface area contributed by atoms with Crippen molar-refractivity contribution in [2.24, 2.45) is 7.05 Å². The molecule has 7 nitrogen and oxygen atoms in total. The van der Waals surface area contributed by atoms with Crippen molar-refractivity contribution in [2.45, 2.75) is 0 Å². The van der Waals surface area contributed by atoms with E-state index >= 15 is 0 Å². The van der Waals surface area contributed by atoms with E-state index in [2.05, 4.69) is 21.4 Å². The van der Waals surface area contributed by atoms with Crippen molar-refractivity contribution in [1.29, 1.82) is 5.26 Å². The van der Waals surface area contributed by atoms with Gasteiger partial charge in [0.05, 0.1) is 33.5 Å². The van der Waals surface area contributed by atoms with Crippen molar-refractivity contribution in [2.75, 3.05) is 0 Å². The molecule has 5 aromatic rings. The summed E-state index contributed by atoms with van der Waals surface area (Å²) in [5.74, 6) is 0. The van der Waals surface area contributed by atoms with Gasteiger partial charge in [-0.3, -0.25) is 19.1 Å². The highest BCUT2D eigenvalue weighted by atomic mass is 35.5. The summed E-state index contributed by atoms with van der Waals surface area (Å²) in [4.78, 5) is 13.3. The van der Waals surface area contributed by atoms with Gasteiger partial charge in [0.1, 0.15) is 6.07 Å². The first-order valence-electron chi connectivity index (χ1n) is 8.12. The van der Waals surface area contributed by atoms with Gasteiger partial charge in [-0.2, -0.15) is 15.5 Å². The molecular formula is C19H11ClN6O. The number of pyridine rings is 1. The quantitative estimate of drug-likeness (QED) is 0.487. The van der Waals surface area contributed by atoms with Crippen molar-refractivity contribution in [3.8, 4) is 11.8 Å². The first-order valence-corrected chi connectivity index (χ1v) is 8.50. The monoisotopic (exact) mass is 374 g/mol. The summed E-state index contributed by atoms with van der Waals surface area (Å²) in [5.41, 5.74) is 2.52. The first-order chi connectivity index (χ1) is 13.1. The number of aromatic nitrogens is 5. The fourth-order valence-electron chi connectivity index (χ4n) is 3.49. The SMILES string of the molecule is Cn1cc2c(n1)c(=O)n(-c1cccc3[nH]ncc13)c1cc(Cl)c(C#N)cc21. The second kappa shape index (κ2) is 5.43. The van der Waals surface area contributed by atoms with E-state index in [-0.39, 0.29) is 5.56 Å². The summed E-state index contributed by atoms with van der Waals surface area (Å²) < 4.78 is 3.17. The number of H-pyrrole nitrogens is 1. The van der Waals surface area contributed by atoms with Crippen LogP contribution in [0.4, 0.5) is 0 Å². The fraction of sp³-hybridized carbons (Fsp3) is 0.0526. The second-order valence-electron chi connectivity index (χ2n) is 6.27. The van der Waals surface area contributed by atoms with Crippen LogP contribution in [-0.4, -0.2) is 24.5 Å². The average Bonchev–Trinajstić information content (AvgIpc) is 3.28. The number of nitriles is 1. The highest BCUT2D eigenvalue weighted by molar-refractivity contribution is 6.32. The first kappa shape index (κ1) is 15.6. The smallest absolute Gasteiger partial charge is 0.278 e. The van der Waals surface area contributed by atoms with Crippen LogP contribution in [0.5, 0.6) is 0 Å². The van der Waals surface area contributed by atoms with Gasteiger partial charge in [0.2, 0.25) is 0 Å². The molecule has 1 N–H and O–H groups in total. The lowest BCUT2D eigenvalue weighted by molar-refractivity contribution is 0.777. The number of hydrogen-bond donors (Lipinski definition) is 1. The third kappa shape index (κ3) is 2.11. The van der Waals surface area contributed by atoms with Gasteiger partial charge in [-0.05, 0) is 24.3 Å². The minimum atomic E-state index is -0.257. The third-order valence-electron chi connectivity index (χ3n) is 4.67. The maximum atomic E-state index is 13.3. The largest absolute Gasteiger partial charge is 0.284 e. The zero-order chi connectivity index (χ0) is 18.7. The summed E-state index contributed by atoms with van der Waals surface area (Å²) in [6, 6.07) is 11.0. The van der Waals surface area contributed by atoms with E-state index in [0.717, 1.165) is 16.3 Å². The molecule has 0 bridgehead atoms. The Bertz CT molecular complexity index is 1480. The maximum absolute atomic E-state index is 13.3. The van der Waals surface area contributed by atoms with Crippen LogP contribution in [0.1, 0.15) is 5.56 Å². The highest BCUT2D eigenvalue weighted by Gasteiger charge is 2.18. The molecule has 5 rings (SSSR count). The Kier molecular flexibility index (Phi) is 3.14. The molecule has 2 aromatic carbocycles. The zero-order valence-electron chi connectivity index (χ0n) is 14.1. The lowest BCUT2D eigenvalue weighted by atomic mass is 10.1. The summed E-state index contributed by atoms with van der Waals surface area (Å²) in [6.07, 6.45) is 3.45. The van der Waals surface area contributed by atoms with E-state index in [4.69, 9.17) is 11.6 Å². The second-order valence-corrected chi connectivity index (χ2v) is 6.68. The van der Waals surface area contributed by atoms with Gasteiger partial charge in [0.25, 0.3) is 5.56 Å². The molecule has 0 saturated carbocycles. The molecule has 0 amide bonds. The van der Waals surface area contributed by atoms with Gasteiger partial charge in [0.15, 0.2) is 5.52 Å². The Hall–Kier alpha value is -3.63. The number of nitrogens with one attached hydrogen (secondary N) is 1. The van der Waals surface area contributed by atoms with Crippen molar-refractivity contribution in [3.05, 3.63) is 63.7 Å². The Morgan fingerprint density at radius 2 is 2.07 bits per heavy atom. The molecule has 27 heavy (non-hydrogen) atoms. The van der Waals surface area contributed by atoms with Crippen LogP contribution < -0.4 is 5.56 Å². The van der Waals surface area contributed by atoms with Gasteiger partial charge < -0.3 is 0 Å². The molecule has 0 atom stereocenters. The predicted molar refractivity (Wildman–Crippen MR) is 103 cm³/mol. The lowest BCUT2D eigenvalue weighted by Crippen LogP contribution is -2.19. The van der Waals surface area contributed by atoms with E-state index in [9.17, 15) is 10.1 Å². The number of halogens is 1. The standard InChI is InChI=1S/C19H11ClN6O/c1-25-9-13-11-5-10(7-21)14(20)6-17(11)26(19(27)18(13)24-25)16-4-2-3-15-12(16)8-22-23-15/h2-6,8-9H,1H3,(H,22,23). The molecule has 3 aromatic heterocycles. The minimum absolute atomic E-state index is 0.257. The van der Waals surface area contributed by atoms with E-state index in [1.165, 1.54) is 0 Å². The summed E-state index contributed by atoms with van der Waals surface area (Å²) >= 11 is 6.29. The Balaban J connectivity index is 2.07. The molecule has 130 valence electrons. The third-order valence-corrected chi connectivity index (χ3v) is 4.99. The van der Waals surface area contributed by atoms with E-state index in [1.54, 1.807) is 40.8 Å². The normalized spacial score (nSPS) is 11.4. The van der Waals surface area contributed by atoms with Crippen LogP contribution in [0.2, 0.25) is 5.02 Å². The van der Waals surface area contributed by atoms with Crippen LogP contribution in [0, 0.1) is 11.3 Å². The number of aryl methyl sites for hydroxylation is 1. The molecular weight excluding hydrogens is 364 g/mol. The predicted octanol–water partition coefficient (Wildman–Crippen LogP) is 3.28. The van der Waals surface area contributed by atoms with Crippen LogP contribution in [0.15, 0.2) is 47.5 Å². The Morgan fingerprint density at radius 1 is 1.22 bits per heavy atom. The molecule has 3 heterocycles. The maximum Gasteiger partial charge on any atom is 0.284 e. The summed E-state index contributed by atoms with van der Waals surface area (Å²) in [6.45, 7) is 0. The number of fused-ring (bicyclic) bond motifs is 4. The van der Waals surface area contributed by atoms with Gasteiger partial charge in [-0.25, -0.2) is 0 Å². The highest BCUT2D eigenvalue weighted by Crippen LogP contribution is 2.31. The molecule has 0 aliphatic carbocycles. The molecule has 0 aliphatic heterocycles. The van der Waals surface area contributed by atoms with Crippen molar-refractivity contribution in [3.63, 3.8) is 0 Å². The molecule has 0 spiro atoms. The minimum Gasteiger partial charge on any atom is -0.278 e. The number of aromatic amines is 1. The number of rotatable bonds is 1. The molecule has 0 radical (unpaired) electrons. The average molecular weight is 375 g/mol. The summed E-state index contributed by atoms with van der Waals surface area (Å²) in [7, 11) is 1.76. The van der Waals surface area contributed by atoms with E-state index in [1.807, 2.05) is 18.2 Å². The zero-order valence-corrected chi connectivity index (χ0v) is 14.8. The fourth-order valence-corrected chi connectivity index (χ4v) is 3.69. The topological polar surface area (TPSA) is 92.3 Å². The van der Waals surface area contributed by atoms with E-state index < -0.39 is 0 Å². The van der Waals surface area contributed by atoms with Gasteiger partial charge in [0, 0.05) is 29.4 Å². The Labute approximate surface area is 157 Å². The van der Waals surface area contributed by atoms with Crippen LogP contribution in [0.3, 0.4) is 0 Å². The van der Waals surface area contributed by atoms with Crippen molar-refractivity contribution in [1.82, 2.24) is 24.5 Å². The molecule has 0 saturated heterocycles. The summed E-state index contributed by atoms with van der Waals surface area (Å²) in [5, 5.41) is 23.2. The molecule has 0 unspecified atom stereocenters.